The van der Waals surface area contributed by atoms with Gasteiger partial charge in [-0.3, -0.25) is 0 Å². The highest BCUT2D eigenvalue weighted by atomic mass is 16.3. The maximum Gasteiger partial charge on any atom is 0.164 e. The number of rotatable bonds is 8. The average molecular weight is 870 g/mol. The largest absolute Gasteiger partial charge is 0.456 e. The van der Waals surface area contributed by atoms with Gasteiger partial charge in [0.1, 0.15) is 11.2 Å². The van der Waals surface area contributed by atoms with Crippen molar-refractivity contribution in [3.8, 4) is 56.5 Å². The summed E-state index contributed by atoms with van der Waals surface area (Å²) in [4.78, 5) is 22.8. The normalized spacial score (nSPS) is 11.5. The molecule has 13 rings (SSSR count). The van der Waals surface area contributed by atoms with E-state index in [1.165, 1.54) is 0 Å². The monoisotopic (exact) mass is 869 g/mol. The van der Waals surface area contributed by atoms with Crippen molar-refractivity contribution in [3.63, 3.8) is 0 Å². The highest BCUT2D eigenvalue weighted by Gasteiger charge is 2.19. The summed E-state index contributed by atoms with van der Waals surface area (Å²) < 4.78 is 6.19. The highest BCUT2D eigenvalue weighted by Crippen LogP contribution is 2.42. The summed E-state index contributed by atoms with van der Waals surface area (Å²) in [6, 6.07) is 82.4. The third kappa shape index (κ3) is 6.91. The molecule has 3 heterocycles. The molecule has 68 heavy (non-hydrogen) atoms. The lowest BCUT2D eigenvalue weighted by Gasteiger charge is -2.25. The van der Waals surface area contributed by atoms with Crippen LogP contribution in [0.5, 0.6) is 0 Å². The lowest BCUT2D eigenvalue weighted by molar-refractivity contribution is 0.669. The quantitative estimate of drug-likeness (QED) is 0.142. The lowest BCUT2D eigenvalue weighted by Crippen LogP contribution is -2.09. The number of hydrogen-bond acceptors (Lipinski definition) is 6. The van der Waals surface area contributed by atoms with Crippen LogP contribution in [-0.4, -0.2) is 19.9 Å². The Bertz CT molecular complexity index is 3960. The number of aromatic nitrogens is 4. The summed E-state index contributed by atoms with van der Waals surface area (Å²) in [6.45, 7) is 0. The summed E-state index contributed by atoms with van der Waals surface area (Å²) in [5, 5.41) is 7.74. The van der Waals surface area contributed by atoms with Gasteiger partial charge in [-0.05, 0) is 88.6 Å². The number of para-hydroxylation sites is 3. The molecule has 0 N–H and O–H groups in total. The van der Waals surface area contributed by atoms with E-state index in [9.17, 15) is 0 Å². The number of hydrogen-bond donors (Lipinski definition) is 0. The number of pyridine rings is 1. The van der Waals surface area contributed by atoms with Gasteiger partial charge < -0.3 is 9.32 Å². The molecule has 6 heteroatoms. The van der Waals surface area contributed by atoms with Gasteiger partial charge in [0.05, 0.1) is 11.2 Å². The molecule has 0 amide bonds. The van der Waals surface area contributed by atoms with E-state index in [1.54, 1.807) is 0 Å². The molecule has 6 nitrogen and oxygen atoms in total. The second-order valence-corrected chi connectivity index (χ2v) is 17.0. The maximum atomic E-state index is 6.19. The number of anilines is 3. The van der Waals surface area contributed by atoms with Crippen LogP contribution in [0.4, 0.5) is 17.1 Å². The van der Waals surface area contributed by atoms with Gasteiger partial charge in [-0.15, -0.1) is 0 Å². The molecule has 0 spiro atoms. The molecule has 0 saturated heterocycles. The van der Waals surface area contributed by atoms with E-state index in [0.717, 1.165) is 111 Å². The second kappa shape index (κ2) is 16.3. The zero-order chi connectivity index (χ0) is 45.0. The zero-order valence-electron chi connectivity index (χ0n) is 36.7. The fourth-order valence-electron chi connectivity index (χ4n) is 9.59. The van der Waals surface area contributed by atoms with Crippen molar-refractivity contribution in [1.82, 2.24) is 19.9 Å². The summed E-state index contributed by atoms with van der Waals surface area (Å²) in [6.07, 6.45) is 0. The van der Waals surface area contributed by atoms with Crippen molar-refractivity contribution in [3.05, 3.63) is 237 Å². The molecule has 13 aromatic rings. The van der Waals surface area contributed by atoms with E-state index in [1.807, 2.05) is 72.8 Å². The minimum Gasteiger partial charge on any atom is -0.456 e. The zero-order valence-corrected chi connectivity index (χ0v) is 36.7. The first kappa shape index (κ1) is 39.1. The first-order valence-electron chi connectivity index (χ1n) is 22.8. The van der Waals surface area contributed by atoms with E-state index in [2.05, 4.69) is 169 Å². The van der Waals surface area contributed by atoms with Crippen LogP contribution in [0.3, 0.4) is 0 Å². The van der Waals surface area contributed by atoms with Crippen LogP contribution in [-0.2, 0) is 0 Å². The van der Waals surface area contributed by atoms with Crippen molar-refractivity contribution < 1.29 is 4.42 Å². The van der Waals surface area contributed by atoms with E-state index in [4.69, 9.17) is 24.4 Å². The molecule has 0 aliphatic carbocycles. The Hall–Kier alpha value is -9.26. The van der Waals surface area contributed by atoms with Gasteiger partial charge in [0.25, 0.3) is 0 Å². The second-order valence-electron chi connectivity index (χ2n) is 17.0. The van der Waals surface area contributed by atoms with Crippen LogP contribution >= 0.6 is 0 Å². The number of nitrogens with zero attached hydrogens (tertiary/aromatic N) is 5. The van der Waals surface area contributed by atoms with Crippen LogP contribution in [0.25, 0.3) is 111 Å². The SMILES string of the molecule is c1ccc(-c2nc(-c3ccccc3)nc(-c3ccc4ccc5c(-c6cccc(-c7ccc(N(c8ccccc8)c8ccc9oc%10ccccc%10c9c8)cc7)c6)nc6ccccc6c5c4c3)n2)cc1. The van der Waals surface area contributed by atoms with Crippen molar-refractivity contribution in [2.45, 2.75) is 0 Å². The molecular formula is C62H39N5O. The summed E-state index contributed by atoms with van der Waals surface area (Å²) in [5.74, 6) is 1.88. The molecule has 0 aliphatic heterocycles. The summed E-state index contributed by atoms with van der Waals surface area (Å²) in [7, 11) is 0. The van der Waals surface area contributed by atoms with Crippen molar-refractivity contribution in [2.75, 3.05) is 4.90 Å². The van der Waals surface area contributed by atoms with Crippen LogP contribution in [0.2, 0.25) is 0 Å². The standard InChI is InChI=1S/C62H39N5O/c1-4-15-42(16-5-1)60-64-61(43-17-6-2-7-18-43)66-62(65-60)46-28-27-41-31-35-52-58(53(41)38-46)51-24-10-12-25-55(51)63-59(52)45-20-14-19-44(37-45)40-29-32-48(33-30-40)67(47-21-8-3-9-22-47)49-34-36-57-54(39-49)50-23-11-13-26-56(50)68-57/h1-39H. The number of furan rings is 1. The molecule has 10 aromatic carbocycles. The Morgan fingerprint density at radius 1 is 0.294 bits per heavy atom. The summed E-state index contributed by atoms with van der Waals surface area (Å²) >= 11 is 0. The predicted molar refractivity (Wildman–Crippen MR) is 279 cm³/mol. The van der Waals surface area contributed by atoms with Gasteiger partial charge in [-0.25, -0.2) is 19.9 Å². The van der Waals surface area contributed by atoms with Crippen LogP contribution < -0.4 is 4.90 Å². The fourth-order valence-corrected chi connectivity index (χ4v) is 9.59. The molecule has 0 fully saturated rings. The molecule has 3 aromatic heterocycles. The number of benzene rings is 10. The first-order valence-corrected chi connectivity index (χ1v) is 22.8. The van der Waals surface area contributed by atoms with Crippen LogP contribution in [0.15, 0.2) is 241 Å². The van der Waals surface area contributed by atoms with E-state index in [0.29, 0.717) is 17.5 Å². The van der Waals surface area contributed by atoms with E-state index >= 15 is 0 Å². The fraction of sp³-hybridized carbons (Fsp3) is 0. The van der Waals surface area contributed by atoms with Gasteiger partial charge in [0.2, 0.25) is 0 Å². The number of fused-ring (bicyclic) bond motifs is 8. The summed E-state index contributed by atoms with van der Waals surface area (Å²) in [5.41, 5.74) is 12.9. The van der Waals surface area contributed by atoms with Gasteiger partial charge in [-0.2, -0.15) is 0 Å². The third-order valence-electron chi connectivity index (χ3n) is 12.9. The molecule has 0 atom stereocenters. The minimum absolute atomic E-state index is 0.619. The maximum absolute atomic E-state index is 6.19. The smallest absolute Gasteiger partial charge is 0.164 e. The van der Waals surface area contributed by atoms with Crippen LogP contribution in [0, 0.1) is 0 Å². The molecule has 0 aliphatic rings. The van der Waals surface area contributed by atoms with Crippen molar-refractivity contribution >= 4 is 71.4 Å². The van der Waals surface area contributed by atoms with Gasteiger partial charge >= 0.3 is 0 Å². The Kier molecular flexibility index (Phi) is 9.39. The topological polar surface area (TPSA) is 67.9 Å². The van der Waals surface area contributed by atoms with Gasteiger partial charge in [-0.1, -0.05) is 170 Å². The lowest BCUT2D eigenvalue weighted by atomic mass is 9.93. The van der Waals surface area contributed by atoms with Gasteiger partial charge in [0, 0.05) is 66.2 Å². The Balaban J connectivity index is 0.910. The Labute approximate surface area is 392 Å². The van der Waals surface area contributed by atoms with E-state index in [-0.39, 0.29) is 0 Å². The molecule has 0 saturated carbocycles. The van der Waals surface area contributed by atoms with E-state index < -0.39 is 0 Å². The Morgan fingerprint density at radius 3 is 1.60 bits per heavy atom. The average Bonchev–Trinajstić information content (AvgIpc) is 3.79. The molecule has 0 radical (unpaired) electrons. The molecule has 0 unspecified atom stereocenters. The molecule has 318 valence electrons. The Morgan fingerprint density at radius 2 is 0.853 bits per heavy atom. The van der Waals surface area contributed by atoms with Crippen LogP contribution in [0.1, 0.15) is 0 Å². The third-order valence-corrected chi connectivity index (χ3v) is 12.9. The predicted octanol–water partition coefficient (Wildman–Crippen LogP) is 16.4. The highest BCUT2D eigenvalue weighted by molar-refractivity contribution is 6.23. The molecular weight excluding hydrogens is 831 g/mol. The van der Waals surface area contributed by atoms with Crippen molar-refractivity contribution in [2.24, 2.45) is 0 Å². The van der Waals surface area contributed by atoms with Crippen molar-refractivity contribution in [1.29, 1.82) is 0 Å². The minimum atomic E-state index is 0.619. The van der Waals surface area contributed by atoms with Gasteiger partial charge in [0.15, 0.2) is 17.5 Å². The molecule has 0 bridgehead atoms. The first-order chi connectivity index (χ1) is 33.7.